The van der Waals surface area contributed by atoms with Gasteiger partial charge in [0.25, 0.3) is 0 Å². The van der Waals surface area contributed by atoms with Crippen LogP contribution >= 0.6 is 22.6 Å². The molecule has 0 aromatic heterocycles. The molecule has 1 rings (SSSR count). The molecule has 1 aromatic carbocycles. The molecule has 158 valence electrons. The summed E-state index contributed by atoms with van der Waals surface area (Å²) in [4.78, 5) is 24.9. The second-order valence-corrected chi connectivity index (χ2v) is 9.39. The number of hydrogen-bond donors (Lipinski definition) is 1. The molecule has 1 aromatic rings. The Hall–Kier alpha value is -1.58. The van der Waals surface area contributed by atoms with Crippen molar-refractivity contribution in [3.05, 3.63) is 27.3 Å². The number of amides is 1. The van der Waals surface area contributed by atoms with Gasteiger partial charge in [0.05, 0.1) is 0 Å². The predicted molar refractivity (Wildman–Crippen MR) is 113 cm³/mol. The molecular weight excluding hydrogens is 480 g/mol. The van der Waals surface area contributed by atoms with Gasteiger partial charge in [0.1, 0.15) is 36.3 Å². The Labute approximate surface area is 179 Å². The number of rotatable bonds is 7. The van der Waals surface area contributed by atoms with E-state index >= 15 is 0 Å². The Kier molecular flexibility index (Phi) is 8.97. The van der Waals surface area contributed by atoms with Crippen LogP contribution in [-0.4, -0.2) is 42.6 Å². The molecule has 1 atom stereocenters. The first-order valence-corrected chi connectivity index (χ1v) is 10.1. The lowest BCUT2D eigenvalue weighted by Crippen LogP contribution is -2.47. The Morgan fingerprint density at radius 1 is 1.11 bits per heavy atom. The van der Waals surface area contributed by atoms with Crippen molar-refractivity contribution in [2.45, 2.75) is 65.2 Å². The van der Waals surface area contributed by atoms with Crippen molar-refractivity contribution < 1.29 is 28.2 Å². The molecule has 0 radical (unpaired) electrons. The van der Waals surface area contributed by atoms with Crippen LogP contribution in [-0.2, 0) is 20.7 Å². The van der Waals surface area contributed by atoms with Crippen molar-refractivity contribution >= 4 is 34.7 Å². The molecule has 0 heterocycles. The molecular formula is C20H29FINO5. The zero-order valence-electron chi connectivity index (χ0n) is 17.2. The van der Waals surface area contributed by atoms with Gasteiger partial charge in [0.2, 0.25) is 0 Å². The Bertz CT molecular complexity index is 682. The number of esters is 1. The number of alkyl halides is 1. The fourth-order valence-corrected chi connectivity index (χ4v) is 2.75. The zero-order valence-corrected chi connectivity index (χ0v) is 19.4. The molecule has 0 saturated heterocycles. The van der Waals surface area contributed by atoms with Crippen molar-refractivity contribution in [3.8, 4) is 5.75 Å². The van der Waals surface area contributed by atoms with E-state index < -0.39 is 36.0 Å². The molecule has 1 N–H and O–H groups in total. The molecule has 1 amide bonds. The lowest BCUT2D eigenvalue weighted by molar-refractivity contribution is -0.157. The Morgan fingerprint density at radius 3 is 2.25 bits per heavy atom. The highest BCUT2D eigenvalue weighted by atomic mass is 127. The van der Waals surface area contributed by atoms with Gasteiger partial charge in [-0.3, -0.25) is 0 Å². The van der Waals surface area contributed by atoms with Crippen LogP contribution in [0, 0.1) is 3.57 Å². The average molecular weight is 509 g/mol. The third-order valence-electron chi connectivity index (χ3n) is 3.17. The summed E-state index contributed by atoms with van der Waals surface area (Å²) in [6.45, 7) is 9.84. The summed E-state index contributed by atoms with van der Waals surface area (Å²) < 4.78 is 29.3. The minimum atomic E-state index is -0.945. The normalized spacial score (nSPS) is 12.9. The summed E-state index contributed by atoms with van der Waals surface area (Å²) in [5.41, 5.74) is -0.634. The van der Waals surface area contributed by atoms with Crippen LogP contribution in [0.4, 0.5) is 9.18 Å². The molecule has 0 fully saturated rings. The standard InChI is InChI=1S/C20H29FINO5/c1-19(2,3)27-17(24)16(23-18(25)28-20(4,5)6)12-13-11-14(26-10-9-21)7-8-15(13)22/h7-8,11,16H,9-10,12H2,1-6H3,(H,23,25)/t16-/m0/s1. The minimum Gasteiger partial charge on any atom is -0.491 e. The molecule has 0 bridgehead atoms. The van der Waals surface area contributed by atoms with E-state index in [1.54, 1.807) is 53.7 Å². The maximum atomic E-state index is 12.7. The Balaban J connectivity index is 3.04. The predicted octanol–water partition coefficient (Wildman–Crippen LogP) is 4.42. The van der Waals surface area contributed by atoms with Crippen LogP contribution < -0.4 is 10.1 Å². The van der Waals surface area contributed by atoms with Crippen molar-refractivity contribution in [2.24, 2.45) is 0 Å². The molecule has 0 saturated carbocycles. The minimum absolute atomic E-state index is 0.0499. The van der Waals surface area contributed by atoms with Gasteiger partial charge in [0, 0.05) is 9.99 Å². The van der Waals surface area contributed by atoms with Gasteiger partial charge in [-0.2, -0.15) is 0 Å². The first-order valence-electron chi connectivity index (χ1n) is 9.00. The van der Waals surface area contributed by atoms with E-state index in [0.717, 1.165) is 9.13 Å². The van der Waals surface area contributed by atoms with Crippen LogP contribution in [0.3, 0.4) is 0 Å². The molecule has 6 nitrogen and oxygen atoms in total. The van der Waals surface area contributed by atoms with Crippen molar-refractivity contribution in [3.63, 3.8) is 0 Å². The van der Waals surface area contributed by atoms with Gasteiger partial charge in [-0.05, 0) is 87.9 Å². The number of alkyl carbamates (subject to hydrolysis) is 1. The summed E-state index contributed by atoms with van der Waals surface area (Å²) >= 11 is 2.13. The van der Waals surface area contributed by atoms with E-state index in [2.05, 4.69) is 27.9 Å². The highest BCUT2D eigenvalue weighted by molar-refractivity contribution is 14.1. The molecule has 0 aliphatic rings. The fraction of sp³-hybridized carbons (Fsp3) is 0.600. The largest absolute Gasteiger partial charge is 0.491 e. The van der Waals surface area contributed by atoms with E-state index in [9.17, 15) is 14.0 Å². The van der Waals surface area contributed by atoms with E-state index in [1.807, 2.05) is 6.07 Å². The van der Waals surface area contributed by atoms with Gasteiger partial charge in [-0.1, -0.05) is 0 Å². The smallest absolute Gasteiger partial charge is 0.408 e. The summed E-state index contributed by atoms with van der Waals surface area (Å²) in [6.07, 6.45) is -0.526. The third-order valence-corrected chi connectivity index (χ3v) is 4.22. The van der Waals surface area contributed by atoms with Crippen LogP contribution in [0.2, 0.25) is 0 Å². The zero-order chi connectivity index (χ0) is 21.5. The molecule has 0 aliphatic carbocycles. The summed E-state index contributed by atoms with van der Waals surface area (Å²) in [7, 11) is 0. The summed E-state index contributed by atoms with van der Waals surface area (Å²) in [6, 6.07) is 4.32. The van der Waals surface area contributed by atoms with Gasteiger partial charge >= 0.3 is 12.1 Å². The van der Waals surface area contributed by atoms with E-state index in [-0.39, 0.29) is 13.0 Å². The SMILES string of the molecule is CC(C)(C)OC(=O)N[C@@H](Cc1cc(OCCF)ccc1I)C(=O)OC(C)(C)C. The fourth-order valence-electron chi connectivity index (χ4n) is 2.19. The van der Waals surface area contributed by atoms with Crippen LogP contribution in [0.25, 0.3) is 0 Å². The van der Waals surface area contributed by atoms with E-state index in [1.165, 1.54) is 0 Å². The number of carbonyl (C=O) groups excluding carboxylic acids is 2. The van der Waals surface area contributed by atoms with Crippen molar-refractivity contribution in [1.82, 2.24) is 5.32 Å². The van der Waals surface area contributed by atoms with Crippen molar-refractivity contribution in [2.75, 3.05) is 13.3 Å². The van der Waals surface area contributed by atoms with Crippen LogP contribution in [0.15, 0.2) is 18.2 Å². The first kappa shape index (κ1) is 24.5. The number of benzene rings is 1. The number of nitrogens with one attached hydrogen (secondary N) is 1. The molecule has 0 aliphatic heterocycles. The molecule has 0 unspecified atom stereocenters. The lowest BCUT2D eigenvalue weighted by atomic mass is 10.1. The van der Waals surface area contributed by atoms with Crippen molar-refractivity contribution in [1.29, 1.82) is 0 Å². The molecule has 8 heteroatoms. The number of hydrogen-bond acceptors (Lipinski definition) is 5. The topological polar surface area (TPSA) is 73.9 Å². The third kappa shape index (κ3) is 9.57. The maximum absolute atomic E-state index is 12.7. The Morgan fingerprint density at radius 2 is 1.71 bits per heavy atom. The van der Waals surface area contributed by atoms with Gasteiger partial charge < -0.3 is 19.5 Å². The highest BCUT2D eigenvalue weighted by Crippen LogP contribution is 2.22. The molecule has 0 spiro atoms. The summed E-state index contributed by atoms with van der Waals surface area (Å²) in [5.74, 6) is -0.0717. The average Bonchev–Trinajstić information content (AvgIpc) is 2.51. The van der Waals surface area contributed by atoms with E-state index in [0.29, 0.717) is 5.75 Å². The first-order chi connectivity index (χ1) is 12.8. The number of halogens is 2. The van der Waals surface area contributed by atoms with Crippen LogP contribution in [0.5, 0.6) is 5.75 Å². The molecule has 28 heavy (non-hydrogen) atoms. The van der Waals surface area contributed by atoms with Gasteiger partial charge in [0.15, 0.2) is 0 Å². The van der Waals surface area contributed by atoms with Gasteiger partial charge in [-0.25, -0.2) is 14.0 Å². The quantitative estimate of drug-likeness (QED) is 0.436. The van der Waals surface area contributed by atoms with Gasteiger partial charge in [-0.15, -0.1) is 0 Å². The monoisotopic (exact) mass is 509 g/mol. The van der Waals surface area contributed by atoms with Crippen LogP contribution in [0.1, 0.15) is 47.1 Å². The second kappa shape index (κ2) is 10.3. The lowest BCUT2D eigenvalue weighted by Gasteiger charge is -2.26. The number of carbonyl (C=O) groups is 2. The number of ether oxygens (including phenoxy) is 3. The van der Waals surface area contributed by atoms with E-state index in [4.69, 9.17) is 14.2 Å². The highest BCUT2D eigenvalue weighted by Gasteiger charge is 2.29. The maximum Gasteiger partial charge on any atom is 0.408 e. The summed E-state index contributed by atoms with van der Waals surface area (Å²) in [5, 5.41) is 2.59. The second-order valence-electron chi connectivity index (χ2n) is 8.23.